The molecular weight excluding hydrogens is 272 g/mol. The van der Waals surface area contributed by atoms with Gasteiger partial charge in [-0.15, -0.1) is 0 Å². The molecule has 112 valence electrons. The van der Waals surface area contributed by atoms with Crippen LogP contribution in [0.2, 0.25) is 0 Å². The predicted molar refractivity (Wildman–Crippen MR) is 76.9 cm³/mol. The highest BCUT2D eigenvalue weighted by Crippen LogP contribution is 2.25. The number of phenolic OH excluding ortho intramolecular Hbond substituents is 2. The maximum Gasteiger partial charge on any atom is 0.237 e. The van der Waals surface area contributed by atoms with E-state index in [9.17, 15) is 15.0 Å². The lowest BCUT2D eigenvalue weighted by molar-refractivity contribution is -0.122. The molecule has 0 saturated heterocycles. The highest BCUT2D eigenvalue weighted by molar-refractivity contribution is 5.81. The van der Waals surface area contributed by atoms with E-state index in [0.29, 0.717) is 18.5 Å². The molecule has 1 amide bonds. The Morgan fingerprint density at radius 1 is 1.29 bits per heavy atom. The zero-order valence-electron chi connectivity index (χ0n) is 11.5. The van der Waals surface area contributed by atoms with Crippen LogP contribution in [0.15, 0.2) is 41.0 Å². The second-order valence-electron chi connectivity index (χ2n) is 4.75. The number of carbonyl (C=O) groups is 1. The summed E-state index contributed by atoms with van der Waals surface area (Å²) in [6.07, 6.45) is 2.46. The maximum absolute atomic E-state index is 11.8. The minimum Gasteiger partial charge on any atom is -0.504 e. The Kier molecular flexibility index (Phi) is 4.84. The predicted octanol–water partition coefficient (Wildman–Crippen LogP) is 0.919. The molecule has 6 nitrogen and oxygen atoms in total. The molecule has 0 aliphatic carbocycles. The number of hydrogen-bond acceptors (Lipinski definition) is 5. The number of furan rings is 1. The molecule has 2 aromatic rings. The summed E-state index contributed by atoms with van der Waals surface area (Å²) < 4.78 is 5.16. The fourth-order valence-corrected chi connectivity index (χ4v) is 1.94. The lowest BCUT2D eigenvalue weighted by Gasteiger charge is -2.12. The molecule has 1 atom stereocenters. The van der Waals surface area contributed by atoms with Crippen molar-refractivity contribution in [3.05, 3.63) is 47.9 Å². The molecule has 0 spiro atoms. The summed E-state index contributed by atoms with van der Waals surface area (Å²) >= 11 is 0. The Balaban J connectivity index is 1.80. The van der Waals surface area contributed by atoms with E-state index in [4.69, 9.17) is 10.2 Å². The molecule has 2 rings (SSSR count). The van der Waals surface area contributed by atoms with Crippen LogP contribution in [0.5, 0.6) is 11.5 Å². The van der Waals surface area contributed by atoms with Crippen molar-refractivity contribution in [1.29, 1.82) is 0 Å². The standard InChI is InChI=1S/C15H18N2O4/c16-12(8-10-3-4-13(18)14(19)9-10)15(20)17-6-5-11-2-1-7-21-11/h1-4,7,9,12,18-19H,5-6,8,16H2,(H,17,20)/t12-/m0/s1. The first kappa shape index (κ1) is 14.9. The molecule has 5 N–H and O–H groups in total. The fourth-order valence-electron chi connectivity index (χ4n) is 1.94. The third-order valence-corrected chi connectivity index (χ3v) is 3.08. The number of phenols is 2. The summed E-state index contributed by atoms with van der Waals surface area (Å²) in [5.41, 5.74) is 6.50. The van der Waals surface area contributed by atoms with Crippen molar-refractivity contribution in [1.82, 2.24) is 5.32 Å². The molecular formula is C15H18N2O4. The number of benzene rings is 1. The van der Waals surface area contributed by atoms with Gasteiger partial charge < -0.3 is 25.7 Å². The summed E-state index contributed by atoms with van der Waals surface area (Å²) in [5.74, 6) is 0.106. The molecule has 6 heteroatoms. The van der Waals surface area contributed by atoms with Gasteiger partial charge in [0.1, 0.15) is 5.76 Å². The van der Waals surface area contributed by atoms with E-state index in [0.717, 1.165) is 5.76 Å². The quantitative estimate of drug-likeness (QED) is 0.592. The van der Waals surface area contributed by atoms with Gasteiger partial charge in [-0.05, 0) is 36.2 Å². The van der Waals surface area contributed by atoms with Crippen LogP contribution in [0, 0.1) is 0 Å². The molecule has 0 unspecified atom stereocenters. The summed E-state index contributed by atoms with van der Waals surface area (Å²) in [6.45, 7) is 0.445. The molecule has 0 aliphatic heterocycles. The highest BCUT2D eigenvalue weighted by atomic mass is 16.3. The van der Waals surface area contributed by atoms with E-state index in [2.05, 4.69) is 5.32 Å². The molecule has 1 aromatic carbocycles. The average molecular weight is 290 g/mol. The number of nitrogens with one attached hydrogen (secondary N) is 1. The third kappa shape index (κ3) is 4.25. The first-order valence-electron chi connectivity index (χ1n) is 6.63. The van der Waals surface area contributed by atoms with Crippen LogP contribution in [-0.4, -0.2) is 28.7 Å². The van der Waals surface area contributed by atoms with Gasteiger partial charge in [0.05, 0.1) is 12.3 Å². The van der Waals surface area contributed by atoms with Gasteiger partial charge in [-0.25, -0.2) is 0 Å². The third-order valence-electron chi connectivity index (χ3n) is 3.08. The second kappa shape index (κ2) is 6.81. The number of carbonyl (C=O) groups excluding carboxylic acids is 1. The summed E-state index contributed by atoms with van der Waals surface area (Å²) in [7, 11) is 0. The Labute approximate surface area is 122 Å². The van der Waals surface area contributed by atoms with Gasteiger partial charge in [0, 0.05) is 13.0 Å². The van der Waals surface area contributed by atoms with Crippen LogP contribution < -0.4 is 11.1 Å². The van der Waals surface area contributed by atoms with Crippen LogP contribution >= 0.6 is 0 Å². The first-order chi connectivity index (χ1) is 10.1. The van der Waals surface area contributed by atoms with Crippen LogP contribution in [0.3, 0.4) is 0 Å². The zero-order valence-corrected chi connectivity index (χ0v) is 11.5. The molecule has 0 fully saturated rings. The van der Waals surface area contributed by atoms with E-state index in [1.807, 2.05) is 6.07 Å². The van der Waals surface area contributed by atoms with Crippen molar-refractivity contribution in [3.8, 4) is 11.5 Å². The Hall–Kier alpha value is -2.47. The number of rotatable bonds is 6. The summed E-state index contributed by atoms with van der Waals surface area (Å²) in [5, 5.41) is 21.4. The van der Waals surface area contributed by atoms with E-state index in [1.54, 1.807) is 18.4 Å². The van der Waals surface area contributed by atoms with Gasteiger partial charge in [0.2, 0.25) is 5.91 Å². The second-order valence-corrected chi connectivity index (χ2v) is 4.75. The van der Waals surface area contributed by atoms with Crippen molar-refractivity contribution in [2.24, 2.45) is 5.73 Å². The van der Waals surface area contributed by atoms with Crippen LogP contribution in [-0.2, 0) is 17.6 Å². The van der Waals surface area contributed by atoms with E-state index >= 15 is 0 Å². The van der Waals surface area contributed by atoms with Gasteiger partial charge >= 0.3 is 0 Å². The SMILES string of the molecule is N[C@@H](Cc1ccc(O)c(O)c1)C(=O)NCCc1ccco1. The van der Waals surface area contributed by atoms with Gasteiger partial charge in [-0.1, -0.05) is 6.07 Å². The summed E-state index contributed by atoms with van der Waals surface area (Å²) in [6, 6.07) is 7.29. The van der Waals surface area contributed by atoms with Crippen molar-refractivity contribution in [2.45, 2.75) is 18.9 Å². The largest absolute Gasteiger partial charge is 0.504 e. The average Bonchev–Trinajstić information content (AvgIpc) is 2.96. The lowest BCUT2D eigenvalue weighted by atomic mass is 10.1. The molecule has 0 aliphatic rings. The monoisotopic (exact) mass is 290 g/mol. The molecule has 0 saturated carbocycles. The Morgan fingerprint density at radius 2 is 2.10 bits per heavy atom. The summed E-state index contributed by atoms with van der Waals surface area (Å²) in [4.78, 5) is 11.8. The fraction of sp³-hybridized carbons (Fsp3) is 0.267. The maximum atomic E-state index is 11.8. The van der Waals surface area contributed by atoms with E-state index in [-0.39, 0.29) is 23.8 Å². The van der Waals surface area contributed by atoms with Crippen molar-refractivity contribution < 1.29 is 19.4 Å². The Morgan fingerprint density at radius 3 is 2.76 bits per heavy atom. The topological polar surface area (TPSA) is 109 Å². The Bertz CT molecular complexity index is 596. The van der Waals surface area contributed by atoms with Gasteiger partial charge in [0.15, 0.2) is 11.5 Å². The lowest BCUT2D eigenvalue weighted by Crippen LogP contribution is -2.42. The first-order valence-corrected chi connectivity index (χ1v) is 6.63. The van der Waals surface area contributed by atoms with Crippen molar-refractivity contribution in [3.63, 3.8) is 0 Å². The number of amides is 1. The zero-order chi connectivity index (χ0) is 15.2. The molecule has 21 heavy (non-hydrogen) atoms. The van der Waals surface area contributed by atoms with Crippen LogP contribution in [0.4, 0.5) is 0 Å². The molecule has 1 aromatic heterocycles. The smallest absolute Gasteiger partial charge is 0.237 e. The number of hydrogen-bond donors (Lipinski definition) is 4. The number of aromatic hydroxyl groups is 2. The van der Waals surface area contributed by atoms with Crippen molar-refractivity contribution in [2.75, 3.05) is 6.54 Å². The van der Waals surface area contributed by atoms with Gasteiger partial charge in [-0.2, -0.15) is 0 Å². The van der Waals surface area contributed by atoms with Crippen LogP contribution in [0.1, 0.15) is 11.3 Å². The number of nitrogens with two attached hydrogens (primary N) is 1. The molecule has 0 bridgehead atoms. The van der Waals surface area contributed by atoms with E-state index < -0.39 is 6.04 Å². The minimum absolute atomic E-state index is 0.199. The van der Waals surface area contributed by atoms with Gasteiger partial charge in [0.25, 0.3) is 0 Å². The van der Waals surface area contributed by atoms with E-state index in [1.165, 1.54) is 12.1 Å². The van der Waals surface area contributed by atoms with Crippen molar-refractivity contribution >= 4 is 5.91 Å². The molecule has 0 radical (unpaired) electrons. The highest BCUT2D eigenvalue weighted by Gasteiger charge is 2.14. The molecule has 1 heterocycles. The van der Waals surface area contributed by atoms with Gasteiger partial charge in [-0.3, -0.25) is 4.79 Å². The minimum atomic E-state index is -0.717. The normalized spacial score (nSPS) is 12.0. The van der Waals surface area contributed by atoms with Crippen LogP contribution in [0.25, 0.3) is 0 Å².